The Balaban J connectivity index is 1.38. The van der Waals surface area contributed by atoms with Crippen molar-refractivity contribution in [1.29, 1.82) is 0 Å². The lowest BCUT2D eigenvalue weighted by atomic mass is 10.1. The Morgan fingerprint density at radius 3 is 2.53 bits per heavy atom. The maximum absolute atomic E-state index is 13.0. The summed E-state index contributed by atoms with van der Waals surface area (Å²) in [6.07, 6.45) is -0.857. The molecule has 3 heterocycles. The van der Waals surface area contributed by atoms with Crippen molar-refractivity contribution in [3.05, 3.63) is 83.9 Å². The van der Waals surface area contributed by atoms with E-state index in [1.807, 2.05) is 54.2 Å². The molecule has 184 valence electrons. The summed E-state index contributed by atoms with van der Waals surface area (Å²) >= 11 is 0. The number of nitrogens with zero attached hydrogens (tertiary/aromatic N) is 5. The van der Waals surface area contributed by atoms with Crippen LogP contribution in [0.3, 0.4) is 0 Å². The zero-order valence-electron chi connectivity index (χ0n) is 19.8. The number of alkyl halides is 3. The highest BCUT2D eigenvalue weighted by Crippen LogP contribution is 2.31. The molecule has 36 heavy (non-hydrogen) atoms. The molecule has 0 aliphatic heterocycles. The van der Waals surface area contributed by atoms with Crippen molar-refractivity contribution < 1.29 is 17.9 Å². The van der Waals surface area contributed by atoms with Gasteiger partial charge in [-0.15, -0.1) is 0 Å². The maximum Gasteiger partial charge on any atom is 0.435 e. The van der Waals surface area contributed by atoms with Crippen LogP contribution in [0.4, 0.5) is 19.0 Å². The van der Waals surface area contributed by atoms with Gasteiger partial charge in [0.15, 0.2) is 23.1 Å². The highest BCUT2D eigenvalue weighted by molar-refractivity contribution is 5.93. The smallest absolute Gasteiger partial charge is 0.435 e. The van der Waals surface area contributed by atoms with Crippen molar-refractivity contribution in [2.75, 3.05) is 12.4 Å². The van der Waals surface area contributed by atoms with Gasteiger partial charge in [-0.2, -0.15) is 18.3 Å². The van der Waals surface area contributed by atoms with Gasteiger partial charge in [-0.1, -0.05) is 24.3 Å². The third-order valence-corrected chi connectivity index (χ3v) is 5.93. The number of rotatable bonds is 6. The van der Waals surface area contributed by atoms with E-state index in [0.717, 1.165) is 28.1 Å². The highest BCUT2D eigenvalue weighted by Gasteiger charge is 2.34. The molecular formula is C26H23F3N6O. The predicted octanol–water partition coefficient (Wildman–Crippen LogP) is 5.77. The van der Waals surface area contributed by atoms with Crippen LogP contribution < -0.4 is 10.1 Å². The number of methoxy groups -OCH3 is 1. The summed E-state index contributed by atoms with van der Waals surface area (Å²) in [5.74, 6) is 1.60. The minimum atomic E-state index is -4.49. The third kappa shape index (κ3) is 4.37. The third-order valence-electron chi connectivity index (χ3n) is 5.93. The van der Waals surface area contributed by atoms with Gasteiger partial charge >= 0.3 is 6.18 Å². The summed E-state index contributed by atoms with van der Waals surface area (Å²) < 4.78 is 47.7. The van der Waals surface area contributed by atoms with E-state index in [9.17, 15) is 13.2 Å². The molecule has 0 unspecified atom stereocenters. The van der Waals surface area contributed by atoms with Crippen LogP contribution in [0.15, 0.2) is 67.0 Å². The second kappa shape index (κ2) is 9.03. The molecule has 0 aliphatic rings. The molecule has 10 heteroatoms. The first kappa shape index (κ1) is 23.4. The van der Waals surface area contributed by atoms with E-state index < -0.39 is 11.9 Å². The zero-order chi connectivity index (χ0) is 25.4. The second-order valence-corrected chi connectivity index (χ2v) is 8.38. The first-order valence-electron chi connectivity index (χ1n) is 11.2. The molecule has 0 spiro atoms. The number of aromatic nitrogens is 5. The van der Waals surface area contributed by atoms with Crippen LogP contribution in [0.1, 0.15) is 17.0 Å². The lowest BCUT2D eigenvalue weighted by Crippen LogP contribution is -2.08. The average molecular weight is 493 g/mol. The summed E-state index contributed by atoms with van der Waals surface area (Å²) in [6, 6.07) is 16.2. The van der Waals surface area contributed by atoms with Crippen molar-refractivity contribution in [2.24, 2.45) is 7.05 Å². The number of nitrogens with one attached hydrogen (secondary N) is 1. The van der Waals surface area contributed by atoms with Gasteiger partial charge in [0, 0.05) is 36.4 Å². The summed E-state index contributed by atoms with van der Waals surface area (Å²) in [4.78, 5) is 9.22. The quantitative estimate of drug-likeness (QED) is 0.326. The van der Waals surface area contributed by atoms with Crippen molar-refractivity contribution >= 4 is 16.7 Å². The number of aryl methyl sites for hydroxylation is 2. The molecule has 0 radical (unpaired) electrons. The summed E-state index contributed by atoms with van der Waals surface area (Å²) in [6.45, 7) is 2.01. The van der Waals surface area contributed by atoms with Crippen LogP contribution in [0.5, 0.6) is 5.75 Å². The van der Waals surface area contributed by atoms with Gasteiger partial charge < -0.3 is 14.6 Å². The van der Waals surface area contributed by atoms with Gasteiger partial charge in [0.25, 0.3) is 0 Å². The Morgan fingerprint density at radius 1 is 1.06 bits per heavy atom. The Kier molecular flexibility index (Phi) is 5.87. The highest BCUT2D eigenvalue weighted by atomic mass is 19.4. The summed E-state index contributed by atoms with van der Waals surface area (Å²) in [5, 5.41) is 8.08. The van der Waals surface area contributed by atoms with Crippen LogP contribution in [-0.2, 0) is 19.8 Å². The molecule has 3 aromatic heterocycles. The normalized spacial score (nSPS) is 11.7. The van der Waals surface area contributed by atoms with Crippen molar-refractivity contribution in [3.63, 3.8) is 0 Å². The van der Waals surface area contributed by atoms with Gasteiger partial charge in [0.1, 0.15) is 0 Å². The summed E-state index contributed by atoms with van der Waals surface area (Å²) in [7, 11) is 3.53. The van der Waals surface area contributed by atoms with Gasteiger partial charge in [0.05, 0.1) is 24.5 Å². The van der Waals surface area contributed by atoms with E-state index in [4.69, 9.17) is 9.72 Å². The van der Waals surface area contributed by atoms with Crippen molar-refractivity contribution in [2.45, 2.75) is 19.6 Å². The van der Waals surface area contributed by atoms with Crippen molar-refractivity contribution in [1.82, 2.24) is 24.3 Å². The van der Waals surface area contributed by atoms with E-state index in [2.05, 4.69) is 15.4 Å². The van der Waals surface area contributed by atoms with E-state index >= 15 is 0 Å². The van der Waals surface area contributed by atoms with Gasteiger partial charge in [-0.3, -0.25) is 0 Å². The molecule has 0 atom stereocenters. The molecule has 0 saturated heterocycles. The van der Waals surface area contributed by atoms with Crippen LogP contribution in [0.2, 0.25) is 0 Å². The first-order valence-corrected chi connectivity index (χ1v) is 11.2. The summed E-state index contributed by atoms with van der Waals surface area (Å²) in [5.41, 5.74) is 2.88. The fraction of sp³-hybridized carbons (Fsp3) is 0.192. The molecule has 2 aromatic carbocycles. The maximum atomic E-state index is 13.0. The van der Waals surface area contributed by atoms with Crippen LogP contribution >= 0.6 is 0 Å². The Bertz CT molecular complexity index is 1540. The number of halogens is 3. The molecule has 5 rings (SSSR count). The van der Waals surface area contributed by atoms with Crippen LogP contribution in [0.25, 0.3) is 28.0 Å². The number of para-hydroxylation sites is 1. The zero-order valence-corrected chi connectivity index (χ0v) is 19.8. The number of hydrogen-bond donors (Lipinski definition) is 1. The molecule has 5 aromatic rings. The molecular weight excluding hydrogens is 469 g/mol. The molecule has 7 nitrogen and oxygen atoms in total. The van der Waals surface area contributed by atoms with Gasteiger partial charge in [-0.25, -0.2) is 14.6 Å². The Labute approximate surface area is 205 Å². The molecule has 0 fully saturated rings. The number of anilines is 1. The SMILES string of the molecule is COc1cnc(-c2cccc3ccn(C)c23)nc1NCc1ccc(-n2nc(C(F)(F)F)cc2C)cc1. The molecule has 0 aliphatic carbocycles. The standard InChI is InChI=1S/C26H23F3N6O/c1-16-13-22(26(27,28)29)33-35(16)19-9-7-17(8-10-19)14-30-25-21(36-3)15-31-24(32-25)20-6-4-5-18-11-12-34(2)23(18)20/h4-13,15H,14H2,1-3H3,(H,30,31,32). The average Bonchev–Trinajstić information content (AvgIpc) is 3.45. The molecule has 0 bridgehead atoms. The largest absolute Gasteiger partial charge is 0.491 e. The predicted molar refractivity (Wildman–Crippen MR) is 131 cm³/mol. The number of fused-ring (bicyclic) bond motifs is 1. The molecule has 0 amide bonds. The Hall–Kier alpha value is -4.34. The van der Waals surface area contributed by atoms with Crippen LogP contribution in [-0.4, -0.2) is 31.4 Å². The van der Waals surface area contributed by atoms with E-state index in [1.54, 1.807) is 32.4 Å². The minimum absolute atomic E-state index is 0.402. The lowest BCUT2D eigenvalue weighted by molar-refractivity contribution is -0.141. The Morgan fingerprint density at radius 2 is 1.83 bits per heavy atom. The molecule has 0 saturated carbocycles. The molecule has 1 N–H and O–H groups in total. The number of ether oxygens (including phenoxy) is 1. The monoisotopic (exact) mass is 492 g/mol. The number of benzene rings is 2. The van der Waals surface area contributed by atoms with E-state index in [-0.39, 0.29) is 0 Å². The topological polar surface area (TPSA) is 69.8 Å². The fourth-order valence-corrected chi connectivity index (χ4v) is 4.13. The van der Waals surface area contributed by atoms with Crippen molar-refractivity contribution in [3.8, 4) is 22.8 Å². The van der Waals surface area contributed by atoms with Crippen LogP contribution in [0, 0.1) is 6.92 Å². The fourth-order valence-electron chi connectivity index (χ4n) is 4.13. The van der Waals surface area contributed by atoms with E-state index in [0.29, 0.717) is 35.3 Å². The van der Waals surface area contributed by atoms with Gasteiger partial charge in [0.2, 0.25) is 0 Å². The van der Waals surface area contributed by atoms with Gasteiger partial charge in [-0.05, 0) is 42.8 Å². The number of hydrogen-bond acceptors (Lipinski definition) is 5. The second-order valence-electron chi connectivity index (χ2n) is 8.38. The minimum Gasteiger partial charge on any atom is -0.491 e. The first-order chi connectivity index (χ1) is 17.2. The van der Waals surface area contributed by atoms with E-state index in [1.165, 1.54) is 4.68 Å². The lowest BCUT2D eigenvalue weighted by Gasteiger charge is -2.13.